The Bertz CT molecular complexity index is 597. The topological polar surface area (TPSA) is 61.3 Å². The van der Waals surface area contributed by atoms with Gasteiger partial charge in [-0.25, -0.2) is 4.98 Å². The fraction of sp³-hybridized carbons (Fsp3) is 0.600. The standard InChI is InChI=1S/C15H24N4OS/c1-5-11-9-12-13(19(10(2)3)7-6-8-20)17-15(16-4)18-14(12)21-11/h9-10,20H,5-8H2,1-4H3,(H,16,17,18). The van der Waals surface area contributed by atoms with E-state index < -0.39 is 0 Å². The van der Waals surface area contributed by atoms with Crippen LogP contribution in [-0.4, -0.2) is 41.3 Å². The summed E-state index contributed by atoms with van der Waals surface area (Å²) >= 11 is 1.73. The van der Waals surface area contributed by atoms with E-state index in [1.807, 2.05) is 7.05 Å². The zero-order valence-corrected chi connectivity index (χ0v) is 14.0. The molecule has 0 aromatic carbocycles. The Labute approximate surface area is 130 Å². The van der Waals surface area contributed by atoms with Crippen LogP contribution in [0.2, 0.25) is 0 Å². The minimum absolute atomic E-state index is 0.195. The molecule has 0 atom stereocenters. The average Bonchev–Trinajstić information content (AvgIpc) is 2.90. The number of rotatable bonds is 7. The van der Waals surface area contributed by atoms with Crippen LogP contribution in [0.1, 0.15) is 32.1 Å². The largest absolute Gasteiger partial charge is 0.396 e. The molecule has 0 fully saturated rings. The molecule has 0 saturated carbocycles. The minimum atomic E-state index is 0.195. The van der Waals surface area contributed by atoms with Crippen molar-refractivity contribution in [3.8, 4) is 0 Å². The van der Waals surface area contributed by atoms with Crippen molar-refractivity contribution >= 4 is 33.3 Å². The van der Waals surface area contributed by atoms with Gasteiger partial charge in [0.1, 0.15) is 10.6 Å². The van der Waals surface area contributed by atoms with E-state index in [0.717, 1.165) is 35.4 Å². The minimum Gasteiger partial charge on any atom is -0.396 e. The van der Waals surface area contributed by atoms with Gasteiger partial charge in [-0.1, -0.05) is 6.92 Å². The van der Waals surface area contributed by atoms with Crippen molar-refractivity contribution < 1.29 is 5.11 Å². The zero-order valence-electron chi connectivity index (χ0n) is 13.2. The van der Waals surface area contributed by atoms with E-state index in [4.69, 9.17) is 5.11 Å². The second-order valence-corrected chi connectivity index (χ2v) is 6.39. The molecule has 0 spiro atoms. The summed E-state index contributed by atoms with van der Waals surface area (Å²) in [4.78, 5) is 13.8. The molecule has 2 rings (SSSR count). The number of nitrogens with one attached hydrogen (secondary N) is 1. The van der Waals surface area contributed by atoms with Crippen molar-refractivity contribution in [3.63, 3.8) is 0 Å². The van der Waals surface area contributed by atoms with E-state index >= 15 is 0 Å². The first-order chi connectivity index (χ1) is 10.1. The number of aryl methyl sites for hydroxylation is 1. The highest BCUT2D eigenvalue weighted by Crippen LogP contribution is 2.33. The van der Waals surface area contributed by atoms with Gasteiger partial charge in [0.15, 0.2) is 0 Å². The fourth-order valence-corrected chi connectivity index (χ4v) is 3.27. The number of aliphatic hydroxyl groups is 1. The summed E-state index contributed by atoms with van der Waals surface area (Å²) in [6, 6.07) is 2.52. The van der Waals surface area contributed by atoms with Crippen LogP contribution in [0.3, 0.4) is 0 Å². The van der Waals surface area contributed by atoms with Crippen molar-refractivity contribution in [1.29, 1.82) is 0 Å². The molecule has 21 heavy (non-hydrogen) atoms. The molecule has 2 heterocycles. The Balaban J connectivity index is 2.54. The third-order valence-corrected chi connectivity index (χ3v) is 4.62. The Hall–Kier alpha value is -1.40. The van der Waals surface area contributed by atoms with Crippen molar-refractivity contribution in [2.45, 2.75) is 39.7 Å². The molecule has 116 valence electrons. The van der Waals surface area contributed by atoms with E-state index in [0.29, 0.717) is 12.0 Å². The van der Waals surface area contributed by atoms with Gasteiger partial charge in [-0.15, -0.1) is 11.3 Å². The van der Waals surface area contributed by atoms with Crippen LogP contribution in [0.5, 0.6) is 0 Å². The van der Waals surface area contributed by atoms with Crippen LogP contribution >= 0.6 is 11.3 Å². The van der Waals surface area contributed by atoms with Crippen LogP contribution in [0, 0.1) is 0 Å². The van der Waals surface area contributed by atoms with Crippen molar-refractivity contribution in [2.24, 2.45) is 0 Å². The van der Waals surface area contributed by atoms with E-state index in [1.54, 1.807) is 11.3 Å². The van der Waals surface area contributed by atoms with Crippen LogP contribution in [0.25, 0.3) is 10.2 Å². The highest BCUT2D eigenvalue weighted by molar-refractivity contribution is 7.18. The lowest BCUT2D eigenvalue weighted by molar-refractivity contribution is 0.288. The first-order valence-corrected chi connectivity index (χ1v) is 8.28. The number of anilines is 2. The maximum Gasteiger partial charge on any atom is 0.225 e. The SMILES string of the molecule is CCc1cc2c(N(CCCO)C(C)C)nc(NC)nc2s1. The summed E-state index contributed by atoms with van der Waals surface area (Å²) in [7, 11) is 1.84. The molecule has 5 nitrogen and oxygen atoms in total. The van der Waals surface area contributed by atoms with Gasteiger partial charge >= 0.3 is 0 Å². The summed E-state index contributed by atoms with van der Waals surface area (Å²) in [5.74, 6) is 1.61. The maximum atomic E-state index is 9.13. The van der Waals surface area contributed by atoms with Crippen molar-refractivity contribution in [2.75, 3.05) is 30.4 Å². The molecule has 0 aliphatic rings. The average molecular weight is 308 g/mol. The van der Waals surface area contributed by atoms with Gasteiger partial charge in [-0.3, -0.25) is 0 Å². The van der Waals surface area contributed by atoms with E-state index in [1.165, 1.54) is 4.88 Å². The molecule has 2 N–H and O–H groups in total. The van der Waals surface area contributed by atoms with Gasteiger partial charge in [-0.05, 0) is 32.8 Å². The smallest absolute Gasteiger partial charge is 0.225 e. The summed E-state index contributed by atoms with van der Waals surface area (Å²) in [5, 5.41) is 13.3. The molecule has 0 radical (unpaired) electrons. The van der Waals surface area contributed by atoms with Crippen molar-refractivity contribution in [3.05, 3.63) is 10.9 Å². The quantitative estimate of drug-likeness (QED) is 0.823. The number of hydrogen-bond acceptors (Lipinski definition) is 6. The van der Waals surface area contributed by atoms with Crippen molar-refractivity contribution in [1.82, 2.24) is 9.97 Å². The summed E-state index contributed by atoms with van der Waals surface area (Å²) in [6.07, 6.45) is 1.75. The Morgan fingerprint density at radius 3 is 2.71 bits per heavy atom. The maximum absolute atomic E-state index is 9.13. The predicted molar refractivity (Wildman–Crippen MR) is 90.5 cm³/mol. The number of nitrogens with zero attached hydrogens (tertiary/aromatic N) is 3. The van der Waals surface area contributed by atoms with E-state index in [-0.39, 0.29) is 6.61 Å². The van der Waals surface area contributed by atoms with Crippen LogP contribution in [0.15, 0.2) is 6.07 Å². The Morgan fingerprint density at radius 2 is 2.14 bits per heavy atom. The fourth-order valence-electron chi connectivity index (χ4n) is 2.31. The molecule has 0 amide bonds. The van der Waals surface area contributed by atoms with E-state index in [9.17, 15) is 0 Å². The summed E-state index contributed by atoms with van der Waals surface area (Å²) in [5.41, 5.74) is 0. The van der Waals surface area contributed by atoms with Crippen LogP contribution < -0.4 is 10.2 Å². The third kappa shape index (κ3) is 3.44. The van der Waals surface area contributed by atoms with Crippen LogP contribution in [-0.2, 0) is 6.42 Å². The molecule has 6 heteroatoms. The lowest BCUT2D eigenvalue weighted by atomic mass is 10.2. The second-order valence-electron chi connectivity index (χ2n) is 5.27. The van der Waals surface area contributed by atoms with Gasteiger partial charge in [0, 0.05) is 31.1 Å². The first kappa shape index (κ1) is 16.0. The van der Waals surface area contributed by atoms with E-state index in [2.05, 4.69) is 47.0 Å². The number of aromatic nitrogens is 2. The van der Waals surface area contributed by atoms with Gasteiger partial charge in [-0.2, -0.15) is 4.98 Å². The summed E-state index contributed by atoms with van der Waals surface area (Å²) < 4.78 is 0. The highest BCUT2D eigenvalue weighted by atomic mass is 32.1. The normalized spacial score (nSPS) is 11.3. The van der Waals surface area contributed by atoms with Gasteiger partial charge in [0.2, 0.25) is 5.95 Å². The van der Waals surface area contributed by atoms with Gasteiger partial charge in [0.05, 0.1) is 5.39 Å². The molecular formula is C15H24N4OS. The lowest BCUT2D eigenvalue weighted by Crippen LogP contribution is -2.33. The monoisotopic (exact) mass is 308 g/mol. The number of hydrogen-bond donors (Lipinski definition) is 2. The lowest BCUT2D eigenvalue weighted by Gasteiger charge is -2.28. The van der Waals surface area contributed by atoms with Gasteiger partial charge < -0.3 is 15.3 Å². The number of fused-ring (bicyclic) bond motifs is 1. The van der Waals surface area contributed by atoms with Gasteiger partial charge in [0.25, 0.3) is 0 Å². The number of aliphatic hydroxyl groups excluding tert-OH is 1. The zero-order chi connectivity index (χ0) is 15.4. The molecular weight excluding hydrogens is 284 g/mol. The molecule has 2 aromatic rings. The molecule has 0 saturated heterocycles. The molecule has 2 aromatic heterocycles. The summed E-state index contributed by atoms with van der Waals surface area (Å²) in [6.45, 7) is 7.44. The molecule has 0 aliphatic carbocycles. The van der Waals surface area contributed by atoms with Crippen LogP contribution in [0.4, 0.5) is 11.8 Å². The first-order valence-electron chi connectivity index (χ1n) is 7.46. The predicted octanol–water partition coefficient (Wildman–Crippen LogP) is 2.89. The Kier molecular flexibility index (Phi) is 5.36. The second kappa shape index (κ2) is 7.04. The Morgan fingerprint density at radius 1 is 1.38 bits per heavy atom. The molecule has 0 bridgehead atoms. The molecule has 0 aliphatic heterocycles. The third-order valence-electron chi connectivity index (χ3n) is 3.45. The number of thiophene rings is 1. The molecule has 0 unspecified atom stereocenters. The highest BCUT2D eigenvalue weighted by Gasteiger charge is 2.18.